The summed E-state index contributed by atoms with van der Waals surface area (Å²) >= 11 is 0. The lowest BCUT2D eigenvalue weighted by Gasteiger charge is -2.01. The van der Waals surface area contributed by atoms with Gasteiger partial charge in [-0.2, -0.15) is 5.10 Å². The summed E-state index contributed by atoms with van der Waals surface area (Å²) in [6, 6.07) is 15.1. The fourth-order valence-electron chi connectivity index (χ4n) is 2.21. The smallest absolute Gasteiger partial charge is 0.337 e. The Morgan fingerprint density at radius 2 is 1.95 bits per heavy atom. The van der Waals surface area contributed by atoms with Crippen LogP contribution in [0.15, 0.2) is 54.6 Å². The fraction of sp³-hybridized carbons (Fsp3) is 0.0588. The standard InChI is InChI=1S/C17H13FN2O2/c1-22-17(21)12-6-4-5-11(9-12)15-10-16(20-19-15)13-7-2-3-8-14(13)18/h2-10H,1H3,(H,19,20). The van der Waals surface area contributed by atoms with Gasteiger partial charge in [0.2, 0.25) is 0 Å². The summed E-state index contributed by atoms with van der Waals surface area (Å²) in [6.07, 6.45) is 0. The number of ether oxygens (including phenoxy) is 1. The maximum atomic E-state index is 13.8. The molecule has 0 fully saturated rings. The van der Waals surface area contributed by atoms with E-state index in [0.717, 1.165) is 5.56 Å². The van der Waals surface area contributed by atoms with Gasteiger partial charge in [-0.05, 0) is 30.3 Å². The zero-order chi connectivity index (χ0) is 15.5. The number of rotatable bonds is 3. The van der Waals surface area contributed by atoms with E-state index in [1.54, 1.807) is 42.5 Å². The molecule has 3 rings (SSSR count). The molecule has 0 aliphatic heterocycles. The highest BCUT2D eigenvalue weighted by Crippen LogP contribution is 2.26. The molecule has 5 heteroatoms. The highest BCUT2D eigenvalue weighted by molar-refractivity contribution is 5.90. The Morgan fingerprint density at radius 3 is 2.73 bits per heavy atom. The molecule has 0 aliphatic rings. The summed E-state index contributed by atoms with van der Waals surface area (Å²) in [5, 5.41) is 7.00. The van der Waals surface area contributed by atoms with E-state index in [9.17, 15) is 9.18 Å². The molecule has 3 aromatic rings. The number of aromatic amines is 1. The molecule has 22 heavy (non-hydrogen) atoms. The van der Waals surface area contributed by atoms with Crippen molar-refractivity contribution in [2.75, 3.05) is 7.11 Å². The minimum Gasteiger partial charge on any atom is -0.465 e. The first-order valence-electron chi connectivity index (χ1n) is 6.68. The fourth-order valence-corrected chi connectivity index (χ4v) is 2.21. The SMILES string of the molecule is COC(=O)c1cccc(-c2cc(-c3ccccc3F)[nH]n2)c1. The normalized spacial score (nSPS) is 10.5. The topological polar surface area (TPSA) is 55.0 Å². The number of halogens is 1. The van der Waals surface area contributed by atoms with Crippen molar-refractivity contribution in [3.8, 4) is 22.5 Å². The molecule has 0 aliphatic carbocycles. The monoisotopic (exact) mass is 296 g/mol. The van der Waals surface area contributed by atoms with Crippen LogP contribution in [0.4, 0.5) is 4.39 Å². The molecule has 2 aromatic carbocycles. The second kappa shape index (κ2) is 5.81. The molecule has 0 radical (unpaired) electrons. The molecule has 0 amide bonds. The highest BCUT2D eigenvalue weighted by atomic mass is 19.1. The summed E-state index contributed by atoms with van der Waals surface area (Å²) in [5.74, 6) is -0.729. The van der Waals surface area contributed by atoms with E-state index in [1.807, 2.05) is 6.07 Å². The van der Waals surface area contributed by atoms with Crippen LogP contribution in [0, 0.1) is 5.82 Å². The van der Waals surface area contributed by atoms with Crippen LogP contribution in [0.25, 0.3) is 22.5 Å². The third kappa shape index (κ3) is 2.61. The Bertz CT molecular complexity index is 827. The first-order chi connectivity index (χ1) is 10.7. The Labute approximate surface area is 126 Å². The number of nitrogens with zero attached hydrogens (tertiary/aromatic N) is 1. The van der Waals surface area contributed by atoms with E-state index in [1.165, 1.54) is 13.2 Å². The molecular formula is C17H13FN2O2. The minimum atomic E-state index is -0.410. The maximum absolute atomic E-state index is 13.8. The molecule has 1 aromatic heterocycles. The summed E-state index contributed by atoms with van der Waals surface area (Å²) < 4.78 is 18.5. The largest absolute Gasteiger partial charge is 0.465 e. The second-order valence-corrected chi connectivity index (χ2v) is 4.72. The third-order valence-electron chi connectivity index (χ3n) is 3.32. The van der Waals surface area contributed by atoms with E-state index in [0.29, 0.717) is 22.5 Å². The van der Waals surface area contributed by atoms with Crippen molar-refractivity contribution >= 4 is 5.97 Å². The molecule has 1 heterocycles. The Balaban J connectivity index is 1.98. The van der Waals surface area contributed by atoms with Gasteiger partial charge in [-0.3, -0.25) is 5.10 Å². The quantitative estimate of drug-likeness (QED) is 0.750. The number of esters is 1. The molecule has 0 unspecified atom stereocenters. The van der Waals surface area contributed by atoms with Gasteiger partial charge in [0.1, 0.15) is 5.82 Å². The second-order valence-electron chi connectivity index (χ2n) is 4.72. The van der Waals surface area contributed by atoms with Gasteiger partial charge in [0.25, 0.3) is 0 Å². The minimum absolute atomic E-state index is 0.319. The average Bonchev–Trinajstić information content (AvgIpc) is 3.04. The first-order valence-corrected chi connectivity index (χ1v) is 6.68. The summed E-state index contributed by atoms with van der Waals surface area (Å²) in [4.78, 5) is 11.6. The van der Waals surface area contributed by atoms with Crippen molar-refractivity contribution in [1.82, 2.24) is 10.2 Å². The van der Waals surface area contributed by atoms with Crippen molar-refractivity contribution in [3.63, 3.8) is 0 Å². The molecule has 0 bridgehead atoms. The van der Waals surface area contributed by atoms with E-state index >= 15 is 0 Å². The molecule has 110 valence electrons. The third-order valence-corrected chi connectivity index (χ3v) is 3.32. The van der Waals surface area contributed by atoms with E-state index in [2.05, 4.69) is 10.2 Å². The maximum Gasteiger partial charge on any atom is 0.337 e. The number of carbonyl (C=O) groups excluding carboxylic acids is 1. The van der Waals surface area contributed by atoms with Crippen LogP contribution in [0.1, 0.15) is 10.4 Å². The molecule has 1 N–H and O–H groups in total. The van der Waals surface area contributed by atoms with Gasteiger partial charge in [0, 0.05) is 11.1 Å². The zero-order valence-corrected chi connectivity index (χ0v) is 11.8. The molecular weight excluding hydrogens is 283 g/mol. The number of nitrogens with one attached hydrogen (secondary N) is 1. The molecule has 0 saturated heterocycles. The van der Waals surface area contributed by atoms with Crippen LogP contribution >= 0.6 is 0 Å². The van der Waals surface area contributed by atoms with Gasteiger partial charge in [-0.25, -0.2) is 9.18 Å². The van der Waals surface area contributed by atoms with Gasteiger partial charge in [0.05, 0.1) is 24.1 Å². The molecule has 4 nitrogen and oxygen atoms in total. The van der Waals surface area contributed by atoms with Gasteiger partial charge in [-0.15, -0.1) is 0 Å². The zero-order valence-electron chi connectivity index (χ0n) is 11.8. The van der Waals surface area contributed by atoms with Crippen molar-refractivity contribution in [3.05, 3.63) is 66.0 Å². The lowest BCUT2D eigenvalue weighted by molar-refractivity contribution is 0.0601. The van der Waals surface area contributed by atoms with E-state index in [-0.39, 0.29) is 5.82 Å². The summed E-state index contributed by atoms with van der Waals surface area (Å²) in [6.45, 7) is 0. The summed E-state index contributed by atoms with van der Waals surface area (Å²) in [5.41, 5.74) is 2.85. The number of benzene rings is 2. The predicted molar refractivity (Wildman–Crippen MR) is 80.8 cm³/mol. The molecule has 0 saturated carbocycles. The molecule has 0 atom stereocenters. The number of hydrogen-bond donors (Lipinski definition) is 1. The van der Waals surface area contributed by atoms with Gasteiger partial charge >= 0.3 is 5.97 Å². The van der Waals surface area contributed by atoms with Crippen LogP contribution < -0.4 is 0 Å². The Morgan fingerprint density at radius 1 is 1.14 bits per heavy atom. The predicted octanol–water partition coefficient (Wildman–Crippen LogP) is 3.67. The van der Waals surface area contributed by atoms with Crippen LogP contribution in [0.3, 0.4) is 0 Å². The van der Waals surface area contributed by atoms with E-state index in [4.69, 9.17) is 4.74 Å². The van der Waals surface area contributed by atoms with Crippen LogP contribution in [0.5, 0.6) is 0 Å². The van der Waals surface area contributed by atoms with Gasteiger partial charge < -0.3 is 4.74 Å². The van der Waals surface area contributed by atoms with Crippen molar-refractivity contribution in [1.29, 1.82) is 0 Å². The Hall–Kier alpha value is -2.95. The average molecular weight is 296 g/mol. The number of methoxy groups -OCH3 is 1. The number of aromatic nitrogens is 2. The summed E-state index contributed by atoms with van der Waals surface area (Å²) in [7, 11) is 1.33. The number of H-pyrrole nitrogens is 1. The first kappa shape index (κ1) is 14.0. The Kier molecular flexibility index (Phi) is 3.70. The lowest BCUT2D eigenvalue weighted by atomic mass is 10.1. The van der Waals surface area contributed by atoms with E-state index < -0.39 is 5.97 Å². The van der Waals surface area contributed by atoms with Crippen LogP contribution in [0.2, 0.25) is 0 Å². The lowest BCUT2D eigenvalue weighted by Crippen LogP contribution is -2.00. The van der Waals surface area contributed by atoms with Gasteiger partial charge in [0.15, 0.2) is 0 Å². The number of hydrogen-bond acceptors (Lipinski definition) is 3. The van der Waals surface area contributed by atoms with Crippen LogP contribution in [-0.4, -0.2) is 23.3 Å². The number of carbonyl (C=O) groups is 1. The van der Waals surface area contributed by atoms with Crippen molar-refractivity contribution in [2.45, 2.75) is 0 Å². The van der Waals surface area contributed by atoms with Crippen molar-refractivity contribution in [2.24, 2.45) is 0 Å². The van der Waals surface area contributed by atoms with Crippen molar-refractivity contribution < 1.29 is 13.9 Å². The molecule has 0 spiro atoms. The van der Waals surface area contributed by atoms with Gasteiger partial charge in [-0.1, -0.05) is 24.3 Å². The highest BCUT2D eigenvalue weighted by Gasteiger charge is 2.11. The van der Waals surface area contributed by atoms with Crippen LogP contribution in [-0.2, 0) is 4.74 Å².